The third-order valence-corrected chi connectivity index (χ3v) is 2.73. The van der Waals surface area contributed by atoms with Crippen LogP contribution in [0.5, 0.6) is 5.75 Å². The summed E-state index contributed by atoms with van der Waals surface area (Å²) < 4.78 is 10.2. The molecule has 1 aromatic rings. The van der Waals surface area contributed by atoms with Crippen molar-refractivity contribution in [3.63, 3.8) is 0 Å². The van der Waals surface area contributed by atoms with E-state index in [2.05, 4.69) is 18.0 Å². The van der Waals surface area contributed by atoms with Gasteiger partial charge in [0.2, 0.25) is 0 Å². The van der Waals surface area contributed by atoms with E-state index < -0.39 is 0 Å². The van der Waals surface area contributed by atoms with Crippen LogP contribution in [-0.2, 0) is 11.3 Å². The highest BCUT2D eigenvalue weighted by Crippen LogP contribution is 2.19. The Labute approximate surface area is 109 Å². The van der Waals surface area contributed by atoms with Gasteiger partial charge in [-0.15, -0.1) is 0 Å². The van der Waals surface area contributed by atoms with Crippen LogP contribution >= 0.6 is 0 Å². The van der Waals surface area contributed by atoms with Crippen molar-refractivity contribution in [2.75, 3.05) is 34.4 Å². The Hall–Kier alpha value is -1.57. The van der Waals surface area contributed by atoms with Crippen LogP contribution in [-0.4, -0.2) is 39.3 Å². The molecule has 0 aliphatic rings. The second-order valence-corrected chi connectivity index (χ2v) is 4.23. The van der Waals surface area contributed by atoms with E-state index in [-0.39, 0.29) is 0 Å². The highest BCUT2D eigenvalue weighted by molar-refractivity contribution is 5.45. The lowest BCUT2D eigenvalue weighted by Gasteiger charge is -2.17. The quantitative estimate of drug-likeness (QED) is 0.693. The van der Waals surface area contributed by atoms with Crippen molar-refractivity contribution in [2.45, 2.75) is 13.0 Å². The zero-order valence-corrected chi connectivity index (χ0v) is 11.3. The van der Waals surface area contributed by atoms with E-state index in [4.69, 9.17) is 14.7 Å². The normalized spacial score (nSPS) is 10.4. The maximum Gasteiger partial charge on any atom is 0.136 e. The van der Waals surface area contributed by atoms with E-state index >= 15 is 0 Å². The highest BCUT2D eigenvalue weighted by Gasteiger charge is 2.05. The molecule has 0 unspecified atom stereocenters. The maximum atomic E-state index is 8.91. The van der Waals surface area contributed by atoms with Crippen molar-refractivity contribution in [1.82, 2.24) is 4.90 Å². The van der Waals surface area contributed by atoms with Gasteiger partial charge in [0.15, 0.2) is 0 Å². The van der Waals surface area contributed by atoms with E-state index in [1.807, 2.05) is 12.1 Å². The summed E-state index contributed by atoms with van der Waals surface area (Å²) in [4.78, 5) is 2.22. The van der Waals surface area contributed by atoms with Crippen LogP contribution < -0.4 is 4.74 Å². The molecule has 4 heteroatoms. The molecule has 0 heterocycles. The van der Waals surface area contributed by atoms with Crippen LogP contribution in [0.15, 0.2) is 18.2 Å². The fraction of sp³-hybridized carbons (Fsp3) is 0.500. The maximum absolute atomic E-state index is 8.91. The lowest BCUT2D eigenvalue weighted by Crippen LogP contribution is -2.20. The van der Waals surface area contributed by atoms with Crippen LogP contribution in [0.1, 0.15) is 17.5 Å². The van der Waals surface area contributed by atoms with Crippen LogP contribution in [0.3, 0.4) is 0 Å². The predicted molar refractivity (Wildman–Crippen MR) is 70.5 cm³/mol. The number of nitriles is 1. The average Bonchev–Trinajstić information content (AvgIpc) is 2.39. The van der Waals surface area contributed by atoms with Crippen molar-refractivity contribution >= 4 is 0 Å². The summed E-state index contributed by atoms with van der Waals surface area (Å²) in [6.07, 6.45) is 1.01. The summed E-state index contributed by atoms with van der Waals surface area (Å²) in [5.41, 5.74) is 1.72. The average molecular weight is 248 g/mol. The molecule has 98 valence electrons. The molecule has 0 saturated heterocycles. The molecule has 0 spiro atoms. The van der Waals surface area contributed by atoms with Crippen LogP contribution in [0.2, 0.25) is 0 Å². The second kappa shape index (κ2) is 7.70. The molecule has 18 heavy (non-hydrogen) atoms. The Morgan fingerprint density at radius 3 is 2.72 bits per heavy atom. The summed E-state index contributed by atoms with van der Waals surface area (Å²) in [5.74, 6) is 0.639. The number of methoxy groups -OCH3 is 2. The Balaban J connectivity index is 2.59. The fourth-order valence-electron chi connectivity index (χ4n) is 1.80. The Kier molecular flexibility index (Phi) is 6.20. The van der Waals surface area contributed by atoms with E-state index in [1.54, 1.807) is 20.3 Å². The monoisotopic (exact) mass is 248 g/mol. The lowest BCUT2D eigenvalue weighted by atomic mass is 10.1. The topological polar surface area (TPSA) is 45.5 Å². The number of ether oxygens (including phenoxy) is 2. The molecule has 1 rings (SSSR count). The number of benzene rings is 1. The summed E-state index contributed by atoms with van der Waals surface area (Å²) in [6.45, 7) is 2.60. The first kappa shape index (κ1) is 14.5. The summed E-state index contributed by atoms with van der Waals surface area (Å²) in [6, 6.07) is 7.80. The van der Waals surface area contributed by atoms with Gasteiger partial charge in [0.1, 0.15) is 11.8 Å². The first-order chi connectivity index (χ1) is 8.71. The molecule has 1 aromatic carbocycles. The minimum atomic E-state index is 0.572. The molecule has 0 N–H and O–H groups in total. The van der Waals surface area contributed by atoms with Gasteiger partial charge < -0.3 is 14.4 Å². The van der Waals surface area contributed by atoms with Crippen LogP contribution in [0, 0.1) is 11.3 Å². The molecule has 0 atom stereocenters. The minimum absolute atomic E-state index is 0.572. The molecule has 0 bridgehead atoms. The second-order valence-electron chi connectivity index (χ2n) is 4.23. The fourth-order valence-corrected chi connectivity index (χ4v) is 1.80. The third kappa shape index (κ3) is 4.36. The van der Waals surface area contributed by atoms with Gasteiger partial charge in [-0.05, 0) is 31.2 Å². The van der Waals surface area contributed by atoms with Crippen LogP contribution in [0.25, 0.3) is 0 Å². The molecule has 0 radical (unpaired) electrons. The number of nitrogens with zero attached hydrogens (tertiary/aromatic N) is 2. The van der Waals surface area contributed by atoms with Crippen molar-refractivity contribution < 1.29 is 9.47 Å². The zero-order valence-electron chi connectivity index (χ0n) is 11.3. The lowest BCUT2D eigenvalue weighted by molar-refractivity contribution is 0.178. The number of rotatable bonds is 7. The standard InChI is InChI=1S/C14H20N2O2/c1-16(7-4-8-17-2)11-12-5-6-13(10-15)14(9-12)18-3/h5-6,9H,4,7-8,11H2,1-3H3. The SMILES string of the molecule is COCCCN(C)Cc1ccc(C#N)c(OC)c1. The molecule has 0 aromatic heterocycles. The number of hydrogen-bond donors (Lipinski definition) is 0. The molecular weight excluding hydrogens is 228 g/mol. The van der Waals surface area contributed by atoms with Crippen molar-refractivity contribution in [3.8, 4) is 11.8 Å². The smallest absolute Gasteiger partial charge is 0.136 e. The first-order valence-corrected chi connectivity index (χ1v) is 5.95. The molecule has 0 aliphatic carbocycles. The molecular formula is C14H20N2O2. The van der Waals surface area contributed by atoms with E-state index in [0.29, 0.717) is 11.3 Å². The predicted octanol–water partition coefficient (Wildman–Crippen LogP) is 2.04. The Bertz CT molecular complexity index is 413. The number of hydrogen-bond acceptors (Lipinski definition) is 4. The van der Waals surface area contributed by atoms with Gasteiger partial charge in [-0.3, -0.25) is 0 Å². The minimum Gasteiger partial charge on any atom is -0.495 e. The van der Waals surface area contributed by atoms with E-state index in [1.165, 1.54) is 0 Å². The third-order valence-electron chi connectivity index (χ3n) is 2.73. The van der Waals surface area contributed by atoms with Gasteiger partial charge >= 0.3 is 0 Å². The van der Waals surface area contributed by atoms with Crippen molar-refractivity contribution in [3.05, 3.63) is 29.3 Å². The van der Waals surface area contributed by atoms with Gasteiger partial charge in [0.25, 0.3) is 0 Å². The van der Waals surface area contributed by atoms with Crippen molar-refractivity contribution in [2.24, 2.45) is 0 Å². The Morgan fingerprint density at radius 1 is 1.33 bits per heavy atom. The highest BCUT2D eigenvalue weighted by atomic mass is 16.5. The molecule has 0 aliphatic heterocycles. The van der Waals surface area contributed by atoms with E-state index in [0.717, 1.165) is 31.7 Å². The summed E-state index contributed by atoms with van der Waals surface area (Å²) in [7, 11) is 5.37. The van der Waals surface area contributed by atoms with Gasteiger partial charge in [-0.1, -0.05) is 6.07 Å². The van der Waals surface area contributed by atoms with E-state index in [9.17, 15) is 0 Å². The zero-order chi connectivity index (χ0) is 13.4. The van der Waals surface area contributed by atoms with Gasteiger partial charge in [0.05, 0.1) is 12.7 Å². The molecule has 0 fully saturated rings. The van der Waals surface area contributed by atoms with Crippen LogP contribution in [0.4, 0.5) is 0 Å². The largest absolute Gasteiger partial charge is 0.495 e. The Morgan fingerprint density at radius 2 is 2.11 bits per heavy atom. The first-order valence-electron chi connectivity index (χ1n) is 5.95. The summed E-state index contributed by atoms with van der Waals surface area (Å²) >= 11 is 0. The van der Waals surface area contributed by atoms with Crippen molar-refractivity contribution in [1.29, 1.82) is 5.26 Å². The molecule has 4 nitrogen and oxygen atoms in total. The molecule has 0 amide bonds. The van der Waals surface area contributed by atoms with Gasteiger partial charge in [-0.2, -0.15) is 5.26 Å². The van der Waals surface area contributed by atoms with Gasteiger partial charge in [0, 0.05) is 26.8 Å². The van der Waals surface area contributed by atoms with Gasteiger partial charge in [-0.25, -0.2) is 0 Å². The molecule has 0 saturated carbocycles. The summed E-state index contributed by atoms with van der Waals surface area (Å²) in [5, 5.41) is 8.91.